The van der Waals surface area contributed by atoms with E-state index in [1.54, 1.807) is 6.92 Å². The predicted molar refractivity (Wildman–Crippen MR) is 64.2 cm³/mol. The first-order valence-electron chi connectivity index (χ1n) is 5.13. The number of carbonyl (C=O) groups is 1. The van der Waals surface area contributed by atoms with Gasteiger partial charge < -0.3 is 4.74 Å². The smallest absolute Gasteiger partial charge is 0.306 e. The maximum absolute atomic E-state index is 11.7. The normalized spacial score (nSPS) is 13.1. The Kier molecular flexibility index (Phi) is 6.80. The van der Waals surface area contributed by atoms with Gasteiger partial charge in [-0.3, -0.25) is 4.79 Å². The summed E-state index contributed by atoms with van der Waals surface area (Å²) in [5.41, 5.74) is 0. The molecule has 0 aliphatic rings. The van der Waals surface area contributed by atoms with Crippen molar-refractivity contribution in [2.24, 2.45) is 0 Å². The first kappa shape index (κ1) is 15.9. The van der Waals surface area contributed by atoms with Gasteiger partial charge in [-0.2, -0.15) is 17.4 Å². The van der Waals surface area contributed by atoms with Gasteiger partial charge in [-0.05, 0) is 6.42 Å². The molecule has 1 atom stereocenters. The molecule has 0 radical (unpaired) electrons. The van der Waals surface area contributed by atoms with Crippen molar-refractivity contribution in [3.63, 3.8) is 0 Å². The molecule has 7 heteroatoms. The molecule has 0 aromatic carbocycles. The topological polar surface area (TPSA) is 75.7 Å². The number of rotatable bonds is 7. The molecule has 0 saturated carbocycles. The average molecular weight is 262 g/mol. The van der Waals surface area contributed by atoms with Crippen LogP contribution in [-0.2, 0) is 19.7 Å². The molecule has 0 amide bonds. The number of terminal acetylenes is 1. The lowest BCUT2D eigenvalue weighted by atomic mass is 10.3. The SMILES string of the molecule is C#CC(CC)NS(=O)(=O)N(C)CCC(=O)OC. The molecule has 98 valence electrons. The second kappa shape index (κ2) is 7.27. The van der Waals surface area contributed by atoms with Crippen molar-refractivity contribution in [1.82, 2.24) is 9.03 Å². The molecule has 6 nitrogen and oxygen atoms in total. The fourth-order valence-corrected chi connectivity index (χ4v) is 2.08. The van der Waals surface area contributed by atoms with Gasteiger partial charge in [-0.1, -0.05) is 12.8 Å². The van der Waals surface area contributed by atoms with E-state index in [-0.39, 0.29) is 13.0 Å². The van der Waals surface area contributed by atoms with Crippen LogP contribution in [0.5, 0.6) is 0 Å². The van der Waals surface area contributed by atoms with E-state index in [0.29, 0.717) is 6.42 Å². The van der Waals surface area contributed by atoms with Crippen LogP contribution in [0.15, 0.2) is 0 Å². The summed E-state index contributed by atoms with van der Waals surface area (Å²) in [4.78, 5) is 10.9. The lowest BCUT2D eigenvalue weighted by molar-refractivity contribution is -0.140. The van der Waals surface area contributed by atoms with Crippen LogP contribution in [0.1, 0.15) is 19.8 Å². The zero-order valence-electron chi connectivity index (χ0n) is 10.3. The van der Waals surface area contributed by atoms with Crippen LogP contribution in [0, 0.1) is 12.3 Å². The Bertz CT molecular complexity index is 386. The number of methoxy groups -OCH3 is 1. The quantitative estimate of drug-likeness (QED) is 0.506. The van der Waals surface area contributed by atoms with Gasteiger partial charge in [0.25, 0.3) is 10.2 Å². The fraction of sp³-hybridized carbons (Fsp3) is 0.700. The average Bonchev–Trinajstić information content (AvgIpc) is 2.32. The van der Waals surface area contributed by atoms with E-state index < -0.39 is 22.2 Å². The Labute approximate surface area is 103 Å². The summed E-state index contributed by atoms with van der Waals surface area (Å²) in [5, 5.41) is 0. The van der Waals surface area contributed by atoms with Gasteiger partial charge in [0.1, 0.15) is 0 Å². The van der Waals surface area contributed by atoms with Crippen molar-refractivity contribution < 1.29 is 17.9 Å². The lowest BCUT2D eigenvalue weighted by Gasteiger charge is -2.19. The lowest BCUT2D eigenvalue weighted by Crippen LogP contribution is -2.43. The fourth-order valence-electron chi connectivity index (χ4n) is 0.976. The van der Waals surface area contributed by atoms with E-state index in [4.69, 9.17) is 6.42 Å². The van der Waals surface area contributed by atoms with E-state index >= 15 is 0 Å². The van der Waals surface area contributed by atoms with Crippen molar-refractivity contribution in [1.29, 1.82) is 0 Å². The third-order valence-electron chi connectivity index (χ3n) is 2.17. The molecule has 0 fully saturated rings. The van der Waals surface area contributed by atoms with E-state index in [9.17, 15) is 13.2 Å². The largest absolute Gasteiger partial charge is 0.469 e. The number of hydrogen-bond acceptors (Lipinski definition) is 4. The van der Waals surface area contributed by atoms with Crippen molar-refractivity contribution in [3.05, 3.63) is 0 Å². The molecule has 17 heavy (non-hydrogen) atoms. The first-order valence-corrected chi connectivity index (χ1v) is 6.57. The summed E-state index contributed by atoms with van der Waals surface area (Å²) in [6.45, 7) is 1.82. The first-order chi connectivity index (χ1) is 7.87. The maximum Gasteiger partial charge on any atom is 0.306 e. The molecule has 1 N–H and O–H groups in total. The third kappa shape index (κ3) is 5.68. The summed E-state index contributed by atoms with van der Waals surface area (Å²) < 4.78 is 31.3. The Balaban J connectivity index is 4.41. The van der Waals surface area contributed by atoms with Gasteiger partial charge in [-0.15, -0.1) is 6.42 Å². The van der Waals surface area contributed by atoms with E-state index in [0.717, 1.165) is 4.31 Å². The number of ether oxygens (including phenoxy) is 1. The van der Waals surface area contributed by atoms with E-state index in [1.165, 1.54) is 14.2 Å². The molecule has 0 bridgehead atoms. The minimum absolute atomic E-state index is 0.000749. The highest BCUT2D eigenvalue weighted by Gasteiger charge is 2.21. The monoisotopic (exact) mass is 262 g/mol. The summed E-state index contributed by atoms with van der Waals surface area (Å²) in [5.74, 6) is 1.87. The molecular formula is C10H18N2O4S. The zero-order chi connectivity index (χ0) is 13.5. The van der Waals surface area contributed by atoms with Gasteiger partial charge in [-0.25, -0.2) is 0 Å². The molecular weight excluding hydrogens is 244 g/mol. The predicted octanol–water partition coefficient (Wildman–Crippen LogP) is -0.272. The van der Waals surface area contributed by atoms with Crippen molar-refractivity contribution in [3.8, 4) is 12.3 Å². The molecule has 0 heterocycles. The van der Waals surface area contributed by atoms with Crippen molar-refractivity contribution in [2.75, 3.05) is 20.7 Å². The van der Waals surface area contributed by atoms with Crippen molar-refractivity contribution in [2.45, 2.75) is 25.8 Å². The Hall–Kier alpha value is -1.10. The number of nitrogens with one attached hydrogen (secondary N) is 1. The van der Waals surface area contributed by atoms with E-state index in [2.05, 4.69) is 15.4 Å². The highest BCUT2D eigenvalue weighted by Crippen LogP contribution is 2.00. The molecule has 0 aliphatic carbocycles. The summed E-state index contributed by atoms with van der Waals surface area (Å²) in [6, 6.07) is -0.541. The van der Waals surface area contributed by atoms with Gasteiger partial charge in [0.05, 0.1) is 19.6 Å². The molecule has 1 unspecified atom stereocenters. The third-order valence-corrected chi connectivity index (χ3v) is 3.76. The highest BCUT2D eigenvalue weighted by molar-refractivity contribution is 7.87. The standard InChI is InChI=1S/C10H18N2O4S/c1-5-9(6-2)11-17(14,15)12(3)8-7-10(13)16-4/h1,9,11H,6-8H2,2-4H3. The van der Waals surface area contributed by atoms with Gasteiger partial charge in [0, 0.05) is 13.6 Å². The van der Waals surface area contributed by atoms with Crippen LogP contribution < -0.4 is 4.72 Å². The maximum atomic E-state index is 11.7. The Morgan fingerprint density at radius 3 is 2.59 bits per heavy atom. The summed E-state index contributed by atoms with van der Waals surface area (Å²) in [7, 11) is -1.03. The van der Waals surface area contributed by atoms with Crippen LogP contribution in [0.2, 0.25) is 0 Å². The van der Waals surface area contributed by atoms with E-state index in [1.807, 2.05) is 0 Å². The van der Waals surface area contributed by atoms with Crippen LogP contribution in [0.25, 0.3) is 0 Å². The van der Waals surface area contributed by atoms with Crippen LogP contribution in [0.3, 0.4) is 0 Å². The Morgan fingerprint density at radius 1 is 1.59 bits per heavy atom. The second-order valence-electron chi connectivity index (χ2n) is 3.40. The minimum atomic E-state index is -3.65. The zero-order valence-corrected chi connectivity index (χ0v) is 11.1. The van der Waals surface area contributed by atoms with Gasteiger partial charge in [0.2, 0.25) is 0 Å². The van der Waals surface area contributed by atoms with Crippen LogP contribution in [0.4, 0.5) is 0 Å². The number of carbonyl (C=O) groups excluding carboxylic acids is 1. The molecule has 0 saturated heterocycles. The van der Waals surface area contributed by atoms with Gasteiger partial charge in [0.15, 0.2) is 0 Å². The molecule has 0 aromatic heterocycles. The van der Waals surface area contributed by atoms with Crippen LogP contribution >= 0.6 is 0 Å². The van der Waals surface area contributed by atoms with Crippen molar-refractivity contribution >= 4 is 16.2 Å². The number of esters is 1. The van der Waals surface area contributed by atoms with Gasteiger partial charge >= 0.3 is 5.97 Å². The molecule has 0 aliphatic heterocycles. The van der Waals surface area contributed by atoms with Crippen LogP contribution in [-0.4, -0.2) is 45.4 Å². The summed E-state index contributed by atoms with van der Waals surface area (Å²) in [6.07, 6.45) is 5.67. The number of nitrogens with zero attached hydrogens (tertiary/aromatic N) is 1. The Morgan fingerprint density at radius 2 is 2.18 bits per heavy atom. The minimum Gasteiger partial charge on any atom is -0.469 e. The molecule has 0 rings (SSSR count). The molecule has 0 aromatic rings. The highest BCUT2D eigenvalue weighted by atomic mass is 32.2. The second-order valence-corrected chi connectivity index (χ2v) is 5.21. The molecule has 0 spiro atoms. The number of hydrogen-bond donors (Lipinski definition) is 1. The summed E-state index contributed by atoms with van der Waals surface area (Å²) >= 11 is 0.